The largest absolute Gasteiger partial charge is 0.459 e. The Hall–Kier alpha value is -2.25. The van der Waals surface area contributed by atoms with Crippen LogP contribution in [0.1, 0.15) is 6.92 Å². The Labute approximate surface area is 141 Å². The summed E-state index contributed by atoms with van der Waals surface area (Å²) in [5, 5.41) is 10.9. The van der Waals surface area contributed by atoms with Gasteiger partial charge >= 0.3 is 0 Å². The van der Waals surface area contributed by atoms with Crippen LogP contribution in [0.4, 0.5) is 5.69 Å². The van der Waals surface area contributed by atoms with E-state index in [1.807, 2.05) is 0 Å². The van der Waals surface area contributed by atoms with E-state index in [0.717, 1.165) is 11.8 Å². The van der Waals surface area contributed by atoms with Crippen molar-refractivity contribution >= 4 is 35.0 Å². The van der Waals surface area contributed by atoms with E-state index in [1.165, 1.54) is 6.26 Å². The Kier molecular flexibility index (Phi) is 4.68. The summed E-state index contributed by atoms with van der Waals surface area (Å²) in [6.45, 7) is 1.74. The van der Waals surface area contributed by atoms with Gasteiger partial charge in [-0.1, -0.05) is 35.5 Å². The molecule has 0 radical (unpaired) electrons. The highest BCUT2D eigenvalue weighted by Crippen LogP contribution is 2.27. The first-order valence-electron chi connectivity index (χ1n) is 6.73. The van der Waals surface area contributed by atoms with Crippen LogP contribution >= 0.6 is 23.4 Å². The van der Waals surface area contributed by atoms with Crippen molar-refractivity contribution in [1.82, 2.24) is 10.2 Å². The van der Waals surface area contributed by atoms with Crippen molar-refractivity contribution in [2.24, 2.45) is 0 Å². The van der Waals surface area contributed by atoms with E-state index in [4.69, 9.17) is 20.4 Å². The van der Waals surface area contributed by atoms with Crippen molar-refractivity contribution in [2.75, 3.05) is 5.32 Å². The number of para-hydroxylation sites is 1. The summed E-state index contributed by atoms with van der Waals surface area (Å²) in [4.78, 5) is 12.2. The molecule has 1 N–H and O–H groups in total. The molecule has 8 heteroatoms. The number of furan rings is 1. The minimum atomic E-state index is -0.434. The fourth-order valence-corrected chi connectivity index (χ4v) is 2.63. The van der Waals surface area contributed by atoms with Crippen LogP contribution in [0.25, 0.3) is 11.7 Å². The van der Waals surface area contributed by atoms with Gasteiger partial charge in [0, 0.05) is 0 Å². The number of rotatable bonds is 5. The van der Waals surface area contributed by atoms with Gasteiger partial charge in [-0.25, -0.2) is 0 Å². The molecule has 2 aromatic heterocycles. The summed E-state index contributed by atoms with van der Waals surface area (Å²) < 4.78 is 10.6. The summed E-state index contributed by atoms with van der Waals surface area (Å²) in [5.74, 6) is 0.551. The van der Waals surface area contributed by atoms with Crippen molar-refractivity contribution in [1.29, 1.82) is 0 Å². The summed E-state index contributed by atoms with van der Waals surface area (Å²) in [6, 6.07) is 10.5. The topological polar surface area (TPSA) is 81.2 Å². The lowest BCUT2D eigenvalue weighted by atomic mass is 10.3. The van der Waals surface area contributed by atoms with Gasteiger partial charge < -0.3 is 14.2 Å². The molecule has 0 bridgehead atoms. The molecule has 118 valence electrons. The first-order valence-corrected chi connectivity index (χ1v) is 7.98. The summed E-state index contributed by atoms with van der Waals surface area (Å²) in [6.07, 6.45) is 1.52. The van der Waals surface area contributed by atoms with Crippen LogP contribution in [0.15, 0.2) is 56.7 Å². The van der Waals surface area contributed by atoms with Crippen molar-refractivity contribution in [3.8, 4) is 11.7 Å². The van der Waals surface area contributed by atoms with Gasteiger partial charge in [-0.15, -0.1) is 10.2 Å². The number of thioether (sulfide) groups is 1. The quantitative estimate of drug-likeness (QED) is 0.698. The zero-order chi connectivity index (χ0) is 16.2. The second-order valence-electron chi connectivity index (χ2n) is 4.58. The Bertz CT molecular complexity index is 804. The van der Waals surface area contributed by atoms with Crippen molar-refractivity contribution in [3.63, 3.8) is 0 Å². The SMILES string of the molecule is C[C@@H](Sc1nnc(-c2ccco2)o1)C(=O)Nc1ccccc1Cl. The first kappa shape index (κ1) is 15.6. The number of anilines is 1. The van der Waals surface area contributed by atoms with Crippen molar-refractivity contribution in [3.05, 3.63) is 47.7 Å². The molecule has 2 heterocycles. The van der Waals surface area contributed by atoms with Crippen LogP contribution in [0.2, 0.25) is 5.02 Å². The molecule has 3 aromatic rings. The third-order valence-corrected chi connectivity index (χ3v) is 4.18. The maximum atomic E-state index is 12.2. The number of carbonyl (C=O) groups excluding carboxylic acids is 1. The van der Waals surface area contributed by atoms with E-state index in [-0.39, 0.29) is 11.8 Å². The van der Waals surface area contributed by atoms with E-state index in [9.17, 15) is 4.79 Å². The molecular formula is C15H12ClN3O3S. The number of aromatic nitrogens is 2. The van der Waals surface area contributed by atoms with Gasteiger partial charge in [0.25, 0.3) is 11.1 Å². The molecule has 0 aliphatic heterocycles. The minimum absolute atomic E-state index is 0.208. The summed E-state index contributed by atoms with van der Waals surface area (Å²) in [7, 11) is 0. The highest BCUT2D eigenvalue weighted by Gasteiger charge is 2.20. The maximum Gasteiger partial charge on any atom is 0.284 e. The molecule has 0 saturated carbocycles. The number of hydrogen-bond acceptors (Lipinski definition) is 6. The van der Waals surface area contributed by atoms with E-state index >= 15 is 0 Å². The third-order valence-electron chi connectivity index (χ3n) is 2.92. The van der Waals surface area contributed by atoms with Crippen molar-refractivity contribution < 1.29 is 13.6 Å². The normalized spacial score (nSPS) is 12.1. The molecule has 0 aliphatic rings. The van der Waals surface area contributed by atoms with Crippen LogP contribution in [-0.2, 0) is 4.79 Å². The van der Waals surface area contributed by atoms with Crippen molar-refractivity contribution in [2.45, 2.75) is 17.4 Å². The highest BCUT2D eigenvalue weighted by atomic mass is 35.5. The molecule has 1 amide bonds. The van der Waals surface area contributed by atoms with E-state index in [2.05, 4.69) is 15.5 Å². The van der Waals surface area contributed by atoms with E-state index in [0.29, 0.717) is 21.7 Å². The number of carbonyl (C=O) groups is 1. The van der Waals surface area contributed by atoms with Gasteiger partial charge in [0.2, 0.25) is 5.91 Å². The smallest absolute Gasteiger partial charge is 0.284 e. The maximum absolute atomic E-state index is 12.2. The molecule has 1 aromatic carbocycles. The second kappa shape index (κ2) is 6.89. The molecule has 0 fully saturated rings. The average Bonchev–Trinajstić information content (AvgIpc) is 3.20. The number of nitrogens with one attached hydrogen (secondary N) is 1. The minimum Gasteiger partial charge on any atom is -0.459 e. The van der Waals surface area contributed by atoms with Gasteiger partial charge in [-0.3, -0.25) is 4.79 Å². The number of benzene rings is 1. The molecule has 0 spiro atoms. The second-order valence-corrected chi connectivity index (χ2v) is 6.28. The number of halogens is 1. The van der Waals surface area contributed by atoms with Crippen LogP contribution in [-0.4, -0.2) is 21.4 Å². The molecule has 3 rings (SSSR count). The summed E-state index contributed by atoms with van der Waals surface area (Å²) >= 11 is 7.18. The van der Waals surface area contributed by atoms with Gasteiger partial charge in [0.1, 0.15) is 0 Å². The Morgan fingerprint density at radius 1 is 1.26 bits per heavy atom. The Morgan fingerprint density at radius 3 is 2.83 bits per heavy atom. The fourth-order valence-electron chi connectivity index (χ4n) is 1.76. The standard InChI is InChI=1S/C15H12ClN3O3S/c1-9(13(20)17-11-6-3-2-5-10(11)16)23-15-19-18-14(22-15)12-7-4-8-21-12/h2-9H,1H3,(H,17,20)/t9-/m1/s1. The molecule has 23 heavy (non-hydrogen) atoms. The van der Waals surface area contributed by atoms with Crippen LogP contribution in [0.5, 0.6) is 0 Å². The van der Waals surface area contributed by atoms with E-state index < -0.39 is 5.25 Å². The Morgan fingerprint density at radius 2 is 2.09 bits per heavy atom. The predicted octanol–water partition coefficient (Wildman–Crippen LogP) is 4.10. The monoisotopic (exact) mass is 349 g/mol. The Balaban J connectivity index is 1.64. The predicted molar refractivity (Wildman–Crippen MR) is 87.4 cm³/mol. The summed E-state index contributed by atoms with van der Waals surface area (Å²) in [5.41, 5.74) is 0.563. The van der Waals surface area contributed by atoms with E-state index in [1.54, 1.807) is 43.3 Å². The third kappa shape index (κ3) is 3.75. The van der Waals surface area contributed by atoms with Gasteiger partial charge in [-0.05, 0) is 31.2 Å². The number of nitrogens with zero attached hydrogens (tertiary/aromatic N) is 2. The lowest BCUT2D eigenvalue weighted by Crippen LogP contribution is -2.22. The molecular weight excluding hydrogens is 338 g/mol. The van der Waals surface area contributed by atoms with Gasteiger partial charge in [-0.2, -0.15) is 0 Å². The van der Waals surface area contributed by atoms with Crippen LogP contribution in [0, 0.1) is 0 Å². The average molecular weight is 350 g/mol. The number of hydrogen-bond donors (Lipinski definition) is 1. The fraction of sp³-hybridized carbons (Fsp3) is 0.133. The first-order chi connectivity index (χ1) is 11.1. The molecule has 0 saturated heterocycles. The van der Waals surface area contributed by atoms with Crippen LogP contribution < -0.4 is 5.32 Å². The zero-order valence-electron chi connectivity index (χ0n) is 12.0. The molecule has 6 nitrogen and oxygen atoms in total. The van der Waals surface area contributed by atoms with Gasteiger partial charge in [0.05, 0.1) is 22.2 Å². The lowest BCUT2D eigenvalue weighted by Gasteiger charge is -2.10. The lowest BCUT2D eigenvalue weighted by molar-refractivity contribution is -0.115. The van der Waals surface area contributed by atoms with Gasteiger partial charge in [0.15, 0.2) is 5.76 Å². The molecule has 0 aliphatic carbocycles. The number of amides is 1. The molecule has 1 atom stereocenters. The zero-order valence-corrected chi connectivity index (χ0v) is 13.6. The van der Waals surface area contributed by atoms with Crippen LogP contribution in [0.3, 0.4) is 0 Å². The molecule has 0 unspecified atom stereocenters. The highest BCUT2D eigenvalue weighted by molar-refractivity contribution is 8.00.